The maximum atomic E-state index is 10.6. The Morgan fingerprint density at radius 2 is 1.83 bits per heavy atom. The topological polar surface area (TPSA) is 17.1 Å². The molecular weight excluding hydrogens is 168 g/mol. The van der Waals surface area contributed by atoms with Crippen LogP contribution in [0.15, 0.2) is 0 Å². The fourth-order valence-corrected chi connectivity index (χ4v) is 1.96. The summed E-state index contributed by atoms with van der Waals surface area (Å²) in [5, 5.41) is 0.302. The van der Waals surface area contributed by atoms with Gasteiger partial charge in [-0.25, -0.2) is 0 Å². The molecule has 0 bridgehead atoms. The second kappa shape index (κ2) is 7.66. The van der Waals surface area contributed by atoms with E-state index in [1.54, 1.807) is 0 Å². The molecule has 2 heteroatoms. The zero-order chi connectivity index (χ0) is 9.40. The molecule has 2 atom stereocenters. The van der Waals surface area contributed by atoms with Crippen molar-refractivity contribution in [2.45, 2.75) is 58.1 Å². The number of hydrogen-bond donors (Lipinski definition) is 0. The maximum absolute atomic E-state index is 10.6. The van der Waals surface area contributed by atoms with Gasteiger partial charge in [-0.2, -0.15) is 0 Å². The number of unbranched alkanes of at least 4 members (excludes halogenated alkanes) is 1. The molecule has 0 aliphatic carbocycles. The first-order valence-corrected chi connectivity index (χ1v) is 5.85. The van der Waals surface area contributed by atoms with Crippen LogP contribution in [0.2, 0.25) is 0 Å². The Morgan fingerprint density at radius 1 is 1.17 bits per heavy atom. The molecule has 0 N–H and O–H groups in total. The summed E-state index contributed by atoms with van der Waals surface area (Å²) in [7, 11) is 0. The molecule has 72 valence electrons. The van der Waals surface area contributed by atoms with Crippen molar-refractivity contribution in [3.8, 4) is 0 Å². The molecule has 0 fully saturated rings. The summed E-state index contributed by atoms with van der Waals surface area (Å²) >= 11 is 0.773. The van der Waals surface area contributed by atoms with E-state index in [1.807, 2.05) is 0 Å². The Labute approximate surface area is 80.4 Å². The van der Waals surface area contributed by atoms with E-state index in [2.05, 4.69) is 20.8 Å². The summed E-state index contributed by atoms with van der Waals surface area (Å²) < 4.78 is 10.6. The lowest BCUT2D eigenvalue weighted by atomic mass is 9.94. The van der Waals surface area contributed by atoms with Gasteiger partial charge in [0, 0.05) is 10.1 Å². The van der Waals surface area contributed by atoms with Crippen LogP contribution in [0.25, 0.3) is 0 Å². The van der Waals surface area contributed by atoms with Gasteiger partial charge in [-0.15, -0.1) is 0 Å². The molecule has 0 saturated heterocycles. The molecule has 0 saturated carbocycles. The normalized spacial score (nSPS) is 15.6. The molecule has 12 heavy (non-hydrogen) atoms. The van der Waals surface area contributed by atoms with Crippen molar-refractivity contribution in [2.24, 2.45) is 5.92 Å². The molecule has 0 aromatic carbocycles. The van der Waals surface area contributed by atoms with Crippen LogP contribution in [-0.4, -0.2) is 5.25 Å². The third-order valence-electron chi connectivity index (χ3n) is 2.40. The fourth-order valence-electron chi connectivity index (χ4n) is 1.53. The van der Waals surface area contributed by atoms with Crippen molar-refractivity contribution >= 4 is 11.7 Å². The van der Waals surface area contributed by atoms with Crippen molar-refractivity contribution in [3.05, 3.63) is 0 Å². The Hall–Kier alpha value is 0.0200. The zero-order valence-corrected chi connectivity index (χ0v) is 9.32. The standard InChI is InChI=1S/C10H21OS/c1-4-6-8-10(7-5-2)9(3)12-11/h9-10H,4-8H2,1-3H3/q+1. The van der Waals surface area contributed by atoms with E-state index in [-0.39, 0.29) is 0 Å². The van der Waals surface area contributed by atoms with E-state index in [0.717, 1.165) is 11.7 Å². The highest BCUT2D eigenvalue weighted by Crippen LogP contribution is 2.19. The minimum atomic E-state index is 0.302. The fraction of sp³-hybridized carbons (Fsp3) is 1.00. The highest BCUT2D eigenvalue weighted by Gasteiger charge is 2.25. The van der Waals surface area contributed by atoms with Crippen LogP contribution in [0.4, 0.5) is 0 Å². The molecule has 0 spiro atoms. The van der Waals surface area contributed by atoms with Crippen LogP contribution >= 0.6 is 0 Å². The molecule has 1 nitrogen and oxygen atoms in total. The van der Waals surface area contributed by atoms with Gasteiger partial charge >= 0.3 is 11.7 Å². The van der Waals surface area contributed by atoms with Gasteiger partial charge in [0.25, 0.3) is 0 Å². The summed E-state index contributed by atoms with van der Waals surface area (Å²) in [5.74, 6) is 0.650. The van der Waals surface area contributed by atoms with Crippen LogP contribution in [0.3, 0.4) is 0 Å². The van der Waals surface area contributed by atoms with Gasteiger partial charge in [0.15, 0.2) is 0 Å². The van der Waals surface area contributed by atoms with Crippen molar-refractivity contribution < 1.29 is 4.21 Å². The number of rotatable bonds is 7. The predicted molar refractivity (Wildman–Crippen MR) is 55.4 cm³/mol. The molecule has 0 aliphatic rings. The summed E-state index contributed by atoms with van der Waals surface area (Å²) in [6.07, 6.45) is 6.18. The smallest absolute Gasteiger partial charge is 0.0654 e. The van der Waals surface area contributed by atoms with Gasteiger partial charge in [-0.05, 0) is 19.8 Å². The van der Waals surface area contributed by atoms with Crippen molar-refractivity contribution in [1.82, 2.24) is 0 Å². The Morgan fingerprint density at radius 3 is 2.25 bits per heavy atom. The first-order chi connectivity index (χ1) is 5.76. The van der Waals surface area contributed by atoms with Gasteiger partial charge in [0.2, 0.25) is 5.25 Å². The first-order valence-electron chi connectivity index (χ1n) is 5.04. The van der Waals surface area contributed by atoms with Gasteiger partial charge in [0.05, 0.1) is 0 Å². The third-order valence-corrected chi connectivity index (χ3v) is 3.09. The lowest BCUT2D eigenvalue weighted by Crippen LogP contribution is -2.15. The summed E-state index contributed by atoms with van der Waals surface area (Å²) in [5.41, 5.74) is 0. The van der Waals surface area contributed by atoms with Crippen molar-refractivity contribution in [3.63, 3.8) is 0 Å². The second-order valence-corrected chi connectivity index (χ2v) is 4.43. The Kier molecular flexibility index (Phi) is 7.67. The van der Waals surface area contributed by atoms with Gasteiger partial charge in [0.1, 0.15) is 0 Å². The minimum Gasteiger partial charge on any atom is -0.0654 e. The van der Waals surface area contributed by atoms with E-state index < -0.39 is 0 Å². The molecule has 2 unspecified atom stereocenters. The molecule has 0 heterocycles. The largest absolute Gasteiger partial charge is 0.462 e. The van der Waals surface area contributed by atoms with E-state index >= 15 is 0 Å². The minimum absolute atomic E-state index is 0.302. The van der Waals surface area contributed by atoms with Crippen LogP contribution < -0.4 is 0 Å². The average Bonchev–Trinajstić information content (AvgIpc) is 2.11. The monoisotopic (exact) mass is 189 g/mol. The SMILES string of the molecule is CCCCC(CCC)C(C)[S+]=O. The van der Waals surface area contributed by atoms with Gasteiger partial charge in [-0.3, -0.25) is 0 Å². The molecule has 0 aliphatic heterocycles. The summed E-state index contributed by atoms with van der Waals surface area (Å²) in [6, 6.07) is 0. The molecular formula is C10H21OS+. The van der Waals surface area contributed by atoms with Crippen LogP contribution in [0.5, 0.6) is 0 Å². The van der Waals surface area contributed by atoms with E-state index in [4.69, 9.17) is 0 Å². The van der Waals surface area contributed by atoms with Crippen molar-refractivity contribution in [1.29, 1.82) is 0 Å². The zero-order valence-electron chi connectivity index (χ0n) is 8.51. The maximum Gasteiger partial charge on any atom is 0.462 e. The molecule has 0 radical (unpaired) electrons. The first kappa shape index (κ1) is 12.0. The highest BCUT2D eigenvalue weighted by atomic mass is 32.1. The van der Waals surface area contributed by atoms with E-state index in [0.29, 0.717) is 11.2 Å². The molecule has 0 aromatic rings. The Balaban J connectivity index is 3.75. The van der Waals surface area contributed by atoms with Crippen molar-refractivity contribution in [2.75, 3.05) is 0 Å². The number of hydrogen-bond acceptors (Lipinski definition) is 1. The van der Waals surface area contributed by atoms with Crippen LogP contribution in [0, 0.1) is 5.92 Å². The second-order valence-electron chi connectivity index (χ2n) is 3.49. The lowest BCUT2D eigenvalue weighted by molar-refractivity contribution is 0.421. The van der Waals surface area contributed by atoms with Gasteiger partial charge in [-0.1, -0.05) is 33.1 Å². The van der Waals surface area contributed by atoms with Gasteiger partial charge < -0.3 is 0 Å². The summed E-state index contributed by atoms with van der Waals surface area (Å²) in [4.78, 5) is 0. The quantitative estimate of drug-likeness (QED) is 0.561. The third kappa shape index (κ3) is 4.81. The average molecular weight is 189 g/mol. The van der Waals surface area contributed by atoms with Crippen LogP contribution in [-0.2, 0) is 15.9 Å². The summed E-state index contributed by atoms with van der Waals surface area (Å²) in [6.45, 7) is 6.47. The van der Waals surface area contributed by atoms with E-state index in [9.17, 15) is 4.21 Å². The highest BCUT2D eigenvalue weighted by molar-refractivity contribution is 7.66. The molecule has 0 amide bonds. The predicted octanol–water partition coefficient (Wildman–Crippen LogP) is 3.41. The van der Waals surface area contributed by atoms with E-state index in [1.165, 1.54) is 32.1 Å². The molecule has 0 rings (SSSR count). The molecule has 0 aromatic heterocycles. The Bertz CT molecular complexity index is 114. The lowest BCUT2D eigenvalue weighted by Gasteiger charge is -2.11. The van der Waals surface area contributed by atoms with Crippen LogP contribution in [0.1, 0.15) is 52.9 Å².